The highest BCUT2D eigenvalue weighted by molar-refractivity contribution is 7.14. The van der Waals surface area contributed by atoms with Crippen molar-refractivity contribution >= 4 is 33.0 Å². The molecular formula is C17H17N3S. The minimum atomic E-state index is 0.825. The monoisotopic (exact) mass is 295 g/mol. The van der Waals surface area contributed by atoms with E-state index in [4.69, 9.17) is 0 Å². The molecule has 0 aliphatic heterocycles. The molecule has 0 bridgehead atoms. The second kappa shape index (κ2) is 6.06. The maximum absolute atomic E-state index is 4.64. The molecule has 0 saturated carbocycles. The number of aromatic nitrogens is 1. The number of rotatable bonds is 4. The normalized spacial score (nSPS) is 11.8. The topological polar surface area (TPSA) is 37.3 Å². The Morgan fingerprint density at radius 2 is 2.00 bits per heavy atom. The molecule has 0 radical (unpaired) electrons. The Hall–Kier alpha value is -2.20. The first-order valence-corrected chi connectivity index (χ1v) is 7.88. The van der Waals surface area contributed by atoms with Gasteiger partial charge in [-0.25, -0.2) is 4.98 Å². The Morgan fingerprint density at radius 3 is 2.86 bits per heavy atom. The second-order valence-corrected chi connectivity index (χ2v) is 5.74. The number of nitrogens with one attached hydrogen (secondary N) is 1. The number of nitrogens with zero attached hydrogens (tertiary/aromatic N) is 2. The van der Waals surface area contributed by atoms with E-state index in [1.807, 2.05) is 6.92 Å². The summed E-state index contributed by atoms with van der Waals surface area (Å²) in [6.45, 7) is 4.09. The molecule has 0 amide bonds. The molecule has 2 aromatic carbocycles. The van der Waals surface area contributed by atoms with Gasteiger partial charge in [-0.3, -0.25) is 5.43 Å². The average Bonchev–Trinajstić information content (AvgIpc) is 3.00. The Kier molecular flexibility index (Phi) is 3.97. The Bertz CT molecular complexity index is 784. The van der Waals surface area contributed by atoms with Gasteiger partial charge in [-0.15, -0.1) is 11.3 Å². The van der Waals surface area contributed by atoms with Gasteiger partial charge in [0.05, 0.1) is 5.69 Å². The number of fused-ring (bicyclic) bond motifs is 1. The van der Waals surface area contributed by atoms with E-state index >= 15 is 0 Å². The number of hydrogen-bond acceptors (Lipinski definition) is 4. The largest absolute Gasteiger partial charge is 0.253 e. The van der Waals surface area contributed by atoms with Crippen LogP contribution >= 0.6 is 11.3 Å². The summed E-state index contributed by atoms with van der Waals surface area (Å²) in [5, 5.41) is 9.65. The molecule has 0 aliphatic carbocycles. The first-order valence-electron chi connectivity index (χ1n) is 7.00. The van der Waals surface area contributed by atoms with E-state index in [1.165, 1.54) is 10.8 Å². The van der Waals surface area contributed by atoms with Gasteiger partial charge < -0.3 is 0 Å². The number of thiazole rings is 1. The minimum absolute atomic E-state index is 0.825. The molecule has 1 aromatic heterocycles. The Labute approximate surface area is 128 Å². The Balaban J connectivity index is 1.95. The van der Waals surface area contributed by atoms with Gasteiger partial charge >= 0.3 is 0 Å². The van der Waals surface area contributed by atoms with E-state index in [0.717, 1.165) is 28.5 Å². The van der Waals surface area contributed by atoms with Gasteiger partial charge in [0.2, 0.25) is 5.13 Å². The van der Waals surface area contributed by atoms with E-state index in [-0.39, 0.29) is 0 Å². The quantitative estimate of drug-likeness (QED) is 0.533. The van der Waals surface area contributed by atoms with Crippen molar-refractivity contribution in [2.75, 3.05) is 5.43 Å². The molecule has 4 heteroatoms. The number of anilines is 1. The standard InChI is InChI=1S/C17H17N3S/c1-3-12(2)19-20-17-18-16(11-21-17)15-10-6-8-13-7-4-5-9-14(13)15/h4-11H,3H2,1-2H3,(H,18,20)/b19-12+. The number of benzene rings is 2. The zero-order valence-electron chi connectivity index (χ0n) is 12.1. The average molecular weight is 295 g/mol. The summed E-state index contributed by atoms with van der Waals surface area (Å²) in [4.78, 5) is 4.64. The first-order chi connectivity index (χ1) is 10.3. The fourth-order valence-electron chi connectivity index (χ4n) is 2.12. The van der Waals surface area contributed by atoms with Crippen LogP contribution in [0, 0.1) is 0 Å². The van der Waals surface area contributed by atoms with Crippen LogP contribution in [0.5, 0.6) is 0 Å². The van der Waals surface area contributed by atoms with Gasteiger partial charge in [0.15, 0.2) is 0 Å². The van der Waals surface area contributed by atoms with E-state index < -0.39 is 0 Å². The van der Waals surface area contributed by atoms with Crippen LogP contribution in [0.2, 0.25) is 0 Å². The third-order valence-corrected chi connectivity index (χ3v) is 4.17. The highest BCUT2D eigenvalue weighted by Gasteiger charge is 2.07. The summed E-state index contributed by atoms with van der Waals surface area (Å²) in [6, 6.07) is 14.7. The molecule has 0 atom stereocenters. The van der Waals surface area contributed by atoms with Gasteiger partial charge in [-0.1, -0.05) is 49.4 Å². The molecule has 0 spiro atoms. The lowest BCUT2D eigenvalue weighted by atomic mass is 10.0. The molecule has 3 nitrogen and oxygen atoms in total. The maximum atomic E-state index is 4.64. The molecule has 1 heterocycles. The molecule has 0 fully saturated rings. The first kappa shape index (κ1) is 13.8. The second-order valence-electron chi connectivity index (χ2n) is 4.88. The van der Waals surface area contributed by atoms with E-state index in [0.29, 0.717) is 0 Å². The highest BCUT2D eigenvalue weighted by atomic mass is 32.1. The molecule has 106 valence electrons. The lowest BCUT2D eigenvalue weighted by Crippen LogP contribution is -1.95. The van der Waals surface area contributed by atoms with Crippen LogP contribution in [0.3, 0.4) is 0 Å². The SMILES string of the molecule is CC/C(C)=N/Nc1nc(-c2cccc3ccccc23)cs1. The van der Waals surface area contributed by atoms with Crippen LogP contribution in [0.25, 0.3) is 22.0 Å². The summed E-state index contributed by atoms with van der Waals surface area (Å²) in [5.41, 5.74) is 6.25. The fraction of sp³-hybridized carbons (Fsp3) is 0.176. The lowest BCUT2D eigenvalue weighted by molar-refractivity contribution is 1.20. The van der Waals surface area contributed by atoms with E-state index in [1.54, 1.807) is 11.3 Å². The van der Waals surface area contributed by atoms with E-state index in [2.05, 4.69) is 70.3 Å². The van der Waals surface area contributed by atoms with Crippen LogP contribution < -0.4 is 5.43 Å². The van der Waals surface area contributed by atoms with Gasteiger partial charge in [0.1, 0.15) is 0 Å². The van der Waals surface area contributed by atoms with Gasteiger partial charge in [0.25, 0.3) is 0 Å². The predicted molar refractivity (Wildman–Crippen MR) is 92.1 cm³/mol. The van der Waals surface area contributed by atoms with Crippen LogP contribution in [-0.4, -0.2) is 10.7 Å². The summed E-state index contributed by atoms with van der Waals surface area (Å²) in [5.74, 6) is 0. The van der Waals surface area contributed by atoms with Crippen molar-refractivity contribution in [1.82, 2.24) is 4.98 Å². The molecule has 1 N–H and O–H groups in total. The molecule has 0 aliphatic rings. The number of hydrazone groups is 1. The molecule has 3 rings (SSSR count). The lowest BCUT2D eigenvalue weighted by Gasteiger charge is -2.03. The van der Waals surface area contributed by atoms with Crippen molar-refractivity contribution < 1.29 is 0 Å². The summed E-state index contributed by atoms with van der Waals surface area (Å²) in [7, 11) is 0. The third kappa shape index (κ3) is 2.95. The zero-order valence-corrected chi connectivity index (χ0v) is 12.9. The molecule has 0 saturated heterocycles. The smallest absolute Gasteiger partial charge is 0.203 e. The predicted octanol–water partition coefficient (Wildman–Crippen LogP) is 5.16. The minimum Gasteiger partial charge on any atom is -0.253 e. The van der Waals surface area contributed by atoms with Crippen molar-refractivity contribution in [3.8, 4) is 11.3 Å². The number of hydrogen-bond donors (Lipinski definition) is 1. The van der Waals surface area contributed by atoms with Gasteiger partial charge in [-0.2, -0.15) is 5.10 Å². The van der Waals surface area contributed by atoms with Crippen molar-refractivity contribution in [1.29, 1.82) is 0 Å². The summed E-state index contributed by atoms with van der Waals surface area (Å²) >= 11 is 1.58. The van der Waals surface area contributed by atoms with Crippen molar-refractivity contribution in [3.05, 3.63) is 47.8 Å². The summed E-state index contributed by atoms with van der Waals surface area (Å²) in [6.07, 6.45) is 0.939. The summed E-state index contributed by atoms with van der Waals surface area (Å²) < 4.78 is 0. The van der Waals surface area contributed by atoms with Crippen LogP contribution in [0.15, 0.2) is 52.9 Å². The van der Waals surface area contributed by atoms with Crippen molar-refractivity contribution in [3.63, 3.8) is 0 Å². The van der Waals surface area contributed by atoms with Crippen LogP contribution in [0.1, 0.15) is 20.3 Å². The van der Waals surface area contributed by atoms with Crippen molar-refractivity contribution in [2.24, 2.45) is 5.10 Å². The van der Waals surface area contributed by atoms with Crippen LogP contribution in [-0.2, 0) is 0 Å². The maximum Gasteiger partial charge on any atom is 0.203 e. The Morgan fingerprint density at radius 1 is 1.19 bits per heavy atom. The highest BCUT2D eigenvalue weighted by Crippen LogP contribution is 2.30. The van der Waals surface area contributed by atoms with Gasteiger partial charge in [-0.05, 0) is 24.1 Å². The zero-order chi connectivity index (χ0) is 14.7. The van der Waals surface area contributed by atoms with Crippen molar-refractivity contribution in [2.45, 2.75) is 20.3 Å². The molecule has 0 unspecified atom stereocenters. The van der Waals surface area contributed by atoms with Gasteiger partial charge in [0, 0.05) is 16.7 Å². The molecule has 3 aromatic rings. The molecular weight excluding hydrogens is 278 g/mol. The fourth-order valence-corrected chi connectivity index (χ4v) is 2.77. The third-order valence-electron chi connectivity index (χ3n) is 3.42. The molecule has 21 heavy (non-hydrogen) atoms. The van der Waals surface area contributed by atoms with Crippen LogP contribution in [0.4, 0.5) is 5.13 Å². The van der Waals surface area contributed by atoms with E-state index in [9.17, 15) is 0 Å².